The number of amides is 2. The van der Waals surface area contributed by atoms with E-state index in [1.54, 1.807) is 6.07 Å². The fourth-order valence-corrected chi connectivity index (χ4v) is 1.88. The van der Waals surface area contributed by atoms with Crippen LogP contribution < -0.4 is 15.4 Å². The van der Waals surface area contributed by atoms with Gasteiger partial charge in [-0.25, -0.2) is 9.18 Å². The van der Waals surface area contributed by atoms with E-state index < -0.39 is 11.8 Å². The minimum absolute atomic E-state index is 0.0328. The van der Waals surface area contributed by atoms with Gasteiger partial charge in [0, 0.05) is 5.69 Å². The van der Waals surface area contributed by atoms with Crippen molar-refractivity contribution in [1.29, 1.82) is 0 Å². The first-order valence-corrected chi connectivity index (χ1v) is 6.55. The number of rotatable bonds is 4. The SMILES string of the molecule is Cc1ccc(OCNC(=O)Nc2cccc(F)c2)c(C)c1. The van der Waals surface area contributed by atoms with Crippen LogP contribution in [0.15, 0.2) is 42.5 Å². The molecule has 0 radical (unpaired) electrons. The Balaban J connectivity index is 1.81. The number of anilines is 1. The number of carbonyl (C=O) groups is 1. The Hall–Kier alpha value is -2.56. The second-order valence-electron chi connectivity index (χ2n) is 4.70. The molecule has 0 aliphatic rings. The molecule has 0 unspecified atom stereocenters. The minimum atomic E-state index is -0.453. The Morgan fingerprint density at radius 1 is 1.19 bits per heavy atom. The Kier molecular flexibility index (Phi) is 4.77. The highest BCUT2D eigenvalue weighted by atomic mass is 19.1. The molecule has 0 spiro atoms. The van der Waals surface area contributed by atoms with Crippen molar-refractivity contribution in [3.05, 3.63) is 59.4 Å². The summed E-state index contributed by atoms with van der Waals surface area (Å²) in [6, 6.07) is 11.0. The predicted molar refractivity (Wildman–Crippen MR) is 80.0 cm³/mol. The molecule has 21 heavy (non-hydrogen) atoms. The van der Waals surface area contributed by atoms with Gasteiger partial charge in [0.15, 0.2) is 6.73 Å². The molecule has 0 bridgehead atoms. The van der Waals surface area contributed by atoms with Crippen molar-refractivity contribution in [3.63, 3.8) is 0 Å². The zero-order chi connectivity index (χ0) is 15.2. The number of hydrogen-bond acceptors (Lipinski definition) is 2. The van der Waals surface area contributed by atoms with Crippen molar-refractivity contribution >= 4 is 11.7 Å². The Morgan fingerprint density at radius 2 is 2.00 bits per heavy atom. The summed E-state index contributed by atoms with van der Waals surface area (Å²) >= 11 is 0. The molecular weight excluding hydrogens is 271 g/mol. The maximum absolute atomic E-state index is 13.0. The van der Waals surface area contributed by atoms with Crippen LogP contribution in [0.4, 0.5) is 14.9 Å². The highest BCUT2D eigenvalue weighted by Gasteiger charge is 2.03. The fraction of sp³-hybridized carbons (Fsp3) is 0.188. The number of nitrogens with one attached hydrogen (secondary N) is 2. The van der Waals surface area contributed by atoms with E-state index in [0.717, 1.165) is 11.1 Å². The monoisotopic (exact) mass is 288 g/mol. The van der Waals surface area contributed by atoms with Crippen LogP contribution in [-0.2, 0) is 0 Å². The number of urea groups is 1. The molecule has 110 valence electrons. The summed E-state index contributed by atoms with van der Waals surface area (Å²) in [6.45, 7) is 3.97. The van der Waals surface area contributed by atoms with Gasteiger partial charge < -0.3 is 15.4 Å². The van der Waals surface area contributed by atoms with E-state index >= 15 is 0 Å². The van der Waals surface area contributed by atoms with Crippen LogP contribution in [-0.4, -0.2) is 12.8 Å². The van der Waals surface area contributed by atoms with Gasteiger partial charge in [0.2, 0.25) is 0 Å². The average Bonchev–Trinajstić information content (AvgIpc) is 2.41. The van der Waals surface area contributed by atoms with Gasteiger partial charge in [0.05, 0.1) is 0 Å². The van der Waals surface area contributed by atoms with Gasteiger partial charge in [-0.15, -0.1) is 0 Å². The van der Waals surface area contributed by atoms with E-state index in [2.05, 4.69) is 10.6 Å². The molecule has 2 amide bonds. The molecule has 2 aromatic rings. The quantitative estimate of drug-likeness (QED) is 0.845. The van der Waals surface area contributed by atoms with E-state index in [9.17, 15) is 9.18 Å². The third kappa shape index (κ3) is 4.49. The van der Waals surface area contributed by atoms with Crippen molar-refractivity contribution in [3.8, 4) is 5.75 Å². The summed E-state index contributed by atoms with van der Waals surface area (Å²) in [6.07, 6.45) is 0. The first kappa shape index (κ1) is 14.8. The van der Waals surface area contributed by atoms with Crippen LogP contribution in [0.25, 0.3) is 0 Å². The van der Waals surface area contributed by atoms with Crippen LogP contribution in [0.3, 0.4) is 0 Å². The highest BCUT2D eigenvalue weighted by molar-refractivity contribution is 5.89. The molecular formula is C16H17FN2O2. The molecule has 0 aromatic heterocycles. The number of ether oxygens (including phenoxy) is 1. The van der Waals surface area contributed by atoms with Crippen molar-refractivity contribution in [2.75, 3.05) is 12.0 Å². The van der Waals surface area contributed by atoms with Gasteiger partial charge in [-0.1, -0.05) is 23.8 Å². The van der Waals surface area contributed by atoms with Gasteiger partial charge in [-0.3, -0.25) is 0 Å². The molecule has 4 nitrogen and oxygen atoms in total. The summed E-state index contributed by atoms with van der Waals surface area (Å²) in [5, 5.41) is 5.07. The summed E-state index contributed by atoms with van der Waals surface area (Å²) in [7, 11) is 0. The highest BCUT2D eigenvalue weighted by Crippen LogP contribution is 2.18. The lowest BCUT2D eigenvalue weighted by atomic mass is 10.1. The number of aryl methyl sites for hydroxylation is 2. The van der Waals surface area contributed by atoms with Gasteiger partial charge in [0.25, 0.3) is 0 Å². The molecule has 0 fully saturated rings. The summed E-state index contributed by atoms with van der Waals surface area (Å²) in [5.41, 5.74) is 2.54. The lowest BCUT2D eigenvalue weighted by Crippen LogP contribution is -2.32. The van der Waals surface area contributed by atoms with Crippen LogP contribution in [0.2, 0.25) is 0 Å². The van der Waals surface area contributed by atoms with Crippen molar-refractivity contribution in [2.24, 2.45) is 0 Å². The van der Waals surface area contributed by atoms with Crippen LogP contribution in [0.5, 0.6) is 5.75 Å². The largest absolute Gasteiger partial charge is 0.473 e. The third-order valence-electron chi connectivity index (χ3n) is 2.87. The number of hydrogen-bond donors (Lipinski definition) is 2. The first-order chi connectivity index (χ1) is 10.0. The zero-order valence-corrected chi connectivity index (χ0v) is 11.9. The number of carbonyl (C=O) groups excluding carboxylic acids is 1. The van der Waals surface area contributed by atoms with E-state index in [1.807, 2.05) is 32.0 Å². The molecule has 0 saturated heterocycles. The second kappa shape index (κ2) is 6.74. The fourth-order valence-electron chi connectivity index (χ4n) is 1.88. The van der Waals surface area contributed by atoms with E-state index in [0.29, 0.717) is 11.4 Å². The summed E-state index contributed by atoms with van der Waals surface area (Å²) < 4.78 is 18.4. The van der Waals surface area contributed by atoms with Gasteiger partial charge >= 0.3 is 6.03 Å². The molecule has 2 rings (SSSR count). The predicted octanol–water partition coefficient (Wildman–Crippen LogP) is 3.60. The smallest absolute Gasteiger partial charge is 0.321 e. The second-order valence-corrected chi connectivity index (χ2v) is 4.70. The van der Waals surface area contributed by atoms with Gasteiger partial charge in [-0.2, -0.15) is 0 Å². The van der Waals surface area contributed by atoms with Crippen LogP contribution in [0, 0.1) is 19.7 Å². The molecule has 0 aliphatic heterocycles. The van der Waals surface area contributed by atoms with E-state index in [4.69, 9.17) is 4.74 Å². The molecule has 0 saturated carbocycles. The molecule has 2 N–H and O–H groups in total. The zero-order valence-electron chi connectivity index (χ0n) is 11.9. The van der Waals surface area contributed by atoms with Gasteiger partial charge in [0.1, 0.15) is 11.6 Å². The molecule has 5 heteroatoms. The minimum Gasteiger partial charge on any atom is -0.473 e. The number of benzene rings is 2. The lowest BCUT2D eigenvalue weighted by Gasteiger charge is -2.11. The van der Waals surface area contributed by atoms with Crippen LogP contribution >= 0.6 is 0 Å². The van der Waals surface area contributed by atoms with Crippen LogP contribution in [0.1, 0.15) is 11.1 Å². The molecule has 0 aliphatic carbocycles. The Labute approximate surface area is 122 Å². The number of halogens is 1. The average molecular weight is 288 g/mol. The molecule has 0 heterocycles. The molecule has 0 atom stereocenters. The maximum Gasteiger partial charge on any atom is 0.321 e. The van der Waals surface area contributed by atoms with Gasteiger partial charge in [-0.05, 0) is 43.7 Å². The summed E-state index contributed by atoms with van der Waals surface area (Å²) in [5.74, 6) is 0.311. The van der Waals surface area contributed by atoms with E-state index in [1.165, 1.54) is 18.2 Å². The van der Waals surface area contributed by atoms with Crippen molar-refractivity contribution in [2.45, 2.75) is 13.8 Å². The normalized spacial score (nSPS) is 10.0. The Morgan fingerprint density at radius 3 is 2.71 bits per heavy atom. The standard InChI is InChI=1S/C16H17FN2O2/c1-11-6-7-15(12(2)8-11)21-10-18-16(20)19-14-5-3-4-13(17)9-14/h3-9H,10H2,1-2H3,(H2,18,19,20). The maximum atomic E-state index is 13.0. The first-order valence-electron chi connectivity index (χ1n) is 6.55. The summed E-state index contributed by atoms with van der Waals surface area (Å²) in [4.78, 5) is 11.6. The Bertz CT molecular complexity index is 644. The van der Waals surface area contributed by atoms with E-state index in [-0.39, 0.29) is 6.73 Å². The molecule has 2 aromatic carbocycles. The topological polar surface area (TPSA) is 50.4 Å². The van der Waals surface area contributed by atoms with Crippen molar-refractivity contribution in [1.82, 2.24) is 5.32 Å². The third-order valence-corrected chi connectivity index (χ3v) is 2.87. The lowest BCUT2D eigenvalue weighted by molar-refractivity contribution is 0.234. The van der Waals surface area contributed by atoms with Crippen molar-refractivity contribution < 1.29 is 13.9 Å².